The molecule has 2 saturated carbocycles. The molecule has 0 amide bonds. The molecular formula is C11H11BrO2. The lowest BCUT2D eigenvalue weighted by molar-refractivity contribution is -0.127. The molecule has 4 bridgehead atoms. The maximum atomic E-state index is 12.2. The average molecular weight is 255 g/mol. The van der Waals surface area contributed by atoms with Gasteiger partial charge in [0, 0.05) is 11.3 Å². The summed E-state index contributed by atoms with van der Waals surface area (Å²) in [5.74, 6) is 0.498. The Morgan fingerprint density at radius 3 is 2.86 bits per heavy atom. The fourth-order valence-corrected chi connectivity index (χ4v) is 4.71. The van der Waals surface area contributed by atoms with Crippen molar-refractivity contribution in [3.8, 4) is 0 Å². The standard InChI is InChI=1S/C11H11BrO2/c1-10-4-3-7(13)8-6(10)2-5-11(8,12)9(10)14/h3-4,6,8H,2,5H2,1H3/t6-,8+,10+,11+/m0/s1. The van der Waals surface area contributed by atoms with Gasteiger partial charge in [-0.1, -0.05) is 22.0 Å². The van der Waals surface area contributed by atoms with Crippen molar-refractivity contribution in [1.82, 2.24) is 0 Å². The van der Waals surface area contributed by atoms with Gasteiger partial charge in [0.05, 0.1) is 4.32 Å². The number of alkyl halides is 1. The number of hydrogen-bond donors (Lipinski definition) is 0. The van der Waals surface area contributed by atoms with Crippen LogP contribution in [0.1, 0.15) is 19.8 Å². The number of hydrogen-bond acceptors (Lipinski definition) is 2. The zero-order valence-corrected chi connectivity index (χ0v) is 9.50. The van der Waals surface area contributed by atoms with E-state index in [1.165, 1.54) is 0 Å². The van der Waals surface area contributed by atoms with E-state index in [9.17, 15) is 9.59 Å². The predicted molar refractivity (Wildman–Crippen MR) is 55.1 cm³/mol. The summed E-state index contributed by atoms with van der Waals surface area (Å²) in [6, 6.07) is 0. The minimum Gasteiger partial charge on any atom is -0.297 e. The van der Waals surface area contributed by atoms with Gasteiger partial charge in [-0.3, -0.25) is 9.59 Å². The van der Waals surface area contributed by atoms with Crippen LogP contribution in [0.3, 0.4) is 0 Å². The Kier molecular flexibility index (Phi) is 1.39. The molecule has 14 heavy (non-hydrogen) atoms. The third-order valence-electron chi connectivity index (χ3n) is 4.25. The molecule has 0 saturated heterocycles. The SMILES string of the molecule is C[C@@]12C=CC(=O)[C@H]3[C@@H]1CC[C@]3(Br)C2=O. The highest BCUT2D eigenvalue weighted by molar-refractivity contribution is 9.10. The van der Waals surface area contributed by atoms with Gasteiger partial charge in [0.15, 0.2) is 11.6 Å². The molecule has 0 heterocycles. The highest BCUT2D eigenvalue weighted by atomic mass is 79.9. The van der Waals surface area contributed by atoms with Gasteiger partial charge in [0.1, 0.15) is 0 Å². The van der Waals surface area contributed by atoms with Crippen molar-refractivity contribution in [3.05, 3.63) is 12.2 Å². The maximum Gasteiger partial charge on any atom is 0.160 e. The first-order valence-corrected chi connectivity index (χ1v) is 5.76. The van der Waals surface area contributed by atoms with Crippen molar-refractivity contribution < 1.29 is 9.59 Å². The van der Waals surface area contributed by atoms with Crippen LogP contribution in [0.5, 0.6) is 0 Å². The first-order chi connectivity index (χ1) is 6.50. The molecule has 3 heteroatoms. The molecule has 4 atom stereocenters. The van der Waals surface area contributed by atoms with E-state index in [1.54, 1.807) is 6.08 Å². The van der Waals surface area contributed by atoms with Crippen LogP contribution >= 0.6 is 15.9 Å². The highest BCUT2D eigenvalue weighted by Crippen LogP contribution is 2.65. The second kappa shape index (κ2) is 2.21. The van der Waals surface area contributed by atoms with Gasteiger partial charge >= 0.3 is 0 Å². The quantitative estimate of drug-likeness (QED) is 0.619. The summed E-state index contributed by atoms with van der Waals surface area (Å²) in [6.45, 7) is 1.97. The lowest BCUT2D eigenvalue weighted by Gasteiger charge is -2.31. The molecule has 2 fully saturated rings. The van der Waals surface area contributed by atoms with Gasteiger partial charge in [-0.2, -0.15) is 0 Å². The van der Waals surface area contributed by atoms with Gasteiger partial charge in [0.2, 0.25) is 0 Å². The van der Waals surface area contributed by atoms with E-state index in [0.29, 0.717) is 0 Å². The fraction of sp³-hybridized carbons (Fsp3) is 0.636. The summed E-state index contributed by atoms with van der Waals surface area (Å²) in [5, 5.41) is 0. The normalized spacial score (nSPS) is 54.4. The Morgan fingerprint density at radius 2 is 2.21 bits per heavy atom. The Bertz CT molecular complexity index is 387. The van der Waals surface area contributed by atoms with Gasteiger partial charge in [-0.05, 0) is 31.8 Å². The molecule has 3 rings (SSSR count). The van der Waals surface area contributed by atoms with E-state index < -0.39 is 4.32 Å². The lowest BCUT2D eigenvalue weighted by atomic mass is 9.70. The fourth-order valence-electron chi connectivity index (χ4n) is 3.51. The number of halogens is 1. The number of carbonyl (C=O) groups excluding carboxylic acids is 2. The zero-order valence-electron chi connectivity index (χ0n) is 7.92. The summed E-state index contributed by atoms with van der Waals surface area (Å²) >= 11 is 3.52. The Balaban J connectivity index is 2.27. The second-order valence-corrected chi connectivity index (χ2v) is 6.25. The minimum atomic E-state index is -0.535. The van der Waals surface area contributed by atoms with E-state index in [2.05, 4.69) is 15.9 Å². The molecule has 3 aliphatic rings. The van der Waals surface area contributed by atoms with Crippen LogP contribution in [0.4, 0.5) is 0 Å². The molecule has 0 unspecified atom stereocenters. The molecule has 2 nitrogen and oxygen atoms in total. The summed E-state index contributed by atoms with van der Waals surface area (Å²) in [4.78, 5) is 23.9. The number of Topliss-reactive ketones (excluding diaryl/α,β-unsaturated/α-hetero) is 1. The van der Waals surface area contributed by atoms with Crippen molar-refractivity contribution in [2.75, 3.05) is 0 Å². The van der Waals surface area contributed by atoms with Crippen molar-refractivity contribution in [2.24, 2.45) is 17.3 Å². The molecule has 74 valence electrons. The summed E-state index contributed by atoms with van der Waals surface area (Å²) < 4.78 is -0.535. The minimum absolute atomic E-state index is 0.0926. The third-order valence-corrected chi connectivity index (χ3v) is 5.50. The van der Waals surface area contributed by atoms with Crippen molar-refractivity contribution in [1.29, 1.82) is 0 Å². The molecular weight excluding hydrogens is 244 g/mol. The van der Waals surface area contributed by atoms with E-state index in [-0.39, 0.29) is 28.8 Å². The number of allylic oxidation sites excluding steroid dienone is 2. The van der Waals surface area contributed by atoms with Gasteiger partial charge in [0.25, 0.3) is 0 Å². The molecule has 0 aromatic heterocycles. The largest absolute Gasteiger partial charge is 0.297 e. The van der Waals surface area contributed by atoms with Crippen LogP contribution in [0.2, 0.25) is 0 Å². The zero-order chi connectivity index (χ0) is 10.1. The van der Waals surface area contributed by atoms with Crippen molar-refractivity contribution in [3.63, 3.8) is 0 Å². The van der Waals surface area contributed by atoms with Gasteiger partial charge in [-0.15, -0.1) is 0 Å². The number of carbonyl (C=O) groups is 2. The van der Waals surface area contributed by atoms with Crippen molar-refractivity contribution >= 4 is 27.5 Å². The third kappa shape index (κ3) is 0.679. The van der Waals surface area contributed by atoms with Crippen LogP contribution < -0.4 is 0 Å². The van der Waals surface area contributed by atoms with Crippen LogP contribution in [-0.2, 0) is 9.59 Å². The highest BCUT2D eigenvalue weighted by Gasteiger charge is 2.70. The maximum absolute atomic E-state index is 12.2. The smallest absolute Gasteiger partial charge is 0.160 e. The van der Waals surface area contributed by atoms with Crippen LogP contribution in [-0.4, -0.2) is 15.9 Å². The predicted octanol–water partition coefficient (Wildman–Crippen LogP) is 1.87. The molecule has 0 aromatic carbocycles. The summed E-state index contributed by atoms with van der Waals surface area (Å²) in [5.41, 5.74) is -0.375. The molecule has 0 aliphatic heterocycles. The molecule has 0 aromatic rings. The van der Waals surface area contributed by atoms with Gasteiger partial charge < -0.3 is 0 Å². The molecule has 0 spiro atoms. The molecule has 0 N–H and O–H groups in total. The lowest BCUT2D eigenvalue weighted by Crippen LogP contribution is -2.38. The van der Waals surface area contributed by atoms with Crippen LogP contribution in [0.15, 0.2) is 12.2 Å². The van der Waals surface area contributed by atoms with E-state index in [1.807, 2.05) is 13.0 Å². The number of ketones is 2. The van der Waals surface area contributed by atoms with E-state index in [4.69, 9.17) is 0 Å². The Morgan fingerprint density at radius 1 is 1.50 bits per heavy atom. The Hall–Kier alpha value is -0.440. The van der Waals surface area contributed by atoms with E-state index in [0.717, 1.165) is 12.8 Å². The van der Waals surface area contributed by atoms with E-state index >= 15 is 0 Å². The first kappa shape index (κ1) is 8.84. The summed E-state index contributed by atoms with van der Waals surface area (Å²) in [7, 11) is 0. The van der Waals surface area contributed by atoms with Crippen LogP contribution in [0.25, 0.3) is 0 Å². The molecule has 0 radical (unpaired) electrons. The molecule has 3 aliphatic carbocycles. The van der Waals surface area contributed by atoms with Crippen LogP contribution in [0, 0.1) is 17.3 Å². The first-order valence-electron chi connectivity index (χ1n) is 4.97. The Labute approximate surface area is 90.9 Å². The average Bonchev–Trinajstić information content (AvgIpc) is 2.55. The number of rotatable bonds is 0. The van der Waals surface area contributed by atoms with Gasteiger partial charge in [-0.25, -0.2) is 0 Å². The second-order valence-electron chi connectivity index (χ2n) is 4.83. The topological polar surface area (TPSA) is 34.1 Å². The monoisotopic (exact) mass is 254 g/mol. The summed E-state index contributed by atoms with van der Waals surface area (Å²) in [6.07, 6.45) is 5.24. The van der Waals surface area contributed by atoms with Crippen molar-refractivity contribution in [2.45, 2.75) is 24.1 Å².